The number of phenolic OH excluding ortho intramolecular Hbond substituents is 2. The van der Waals surface area contributed by atoms with Crippen molar-refractivity contribution in [1.29, 1.82) is 0 Å². The number of carbonyl (C=O) groups excluding carboxylic acids is 5. The molecule has 0 aliphatic heterocycles. The van der Waals surface area contributed by atoms with Crippen molar-refractivity contribution in [3.8, 4) is 17.2 Å². The zero-order valence-electron chi connectivity index (χ0n) is 39.9. The Bertz CT molecular complexity index is 2620. The highest BCUT2D eigenvalue weighted by Gasteiger charge is 2.38. The molecular formula is C59H64O10. The summed E-state index contributed by atoms with van der Waals surface area (Å²) in [4.78, 5) is 68.5. The molecule has 3 aliphatic carbocycles. The van der Waals surface area contributed by atoms with Crippen LogP contribution in [0.15, 0.2) is 103 Å². The molecule has 5 aromatic carbocycles. The van der Waals surface area contributed by atoms with Crippen LogP contribution in [0.1, 0.15) is 214 Å². The summed E-state index contributed by atoms with van der Waals surface area (Å²) >= 11 is 0. The molecule has 8 rings (SSSR count). The quantitative estimate of drug-likeness (QED) is 0.0484. The molecule has 0 bridgehead atoms. The Morgan fingerprint density at radius 3 is 1.55 bits per heavy atom. The van der Waals surface area contributed by atoms with E-state index in [-0.39, 0.29) is 22.4 Å². The van der Waals surface area contributed by atoms with Gasteiger partial charge in [0.2, 0.25) is 5.78 Å². The standard InChI is InChI=1S/C59H64O10/c1-3-5-8-12-37-16-20-39(21-17-37)41-24-26-44(27-25-41)57(64)69-50(43-14-10-7-11-15-43)36-67-58(65)48-34-32-46-51(54(48)61)56(63)52-47(53(46)60)33-35-49(55(52)62)59(66)68-45-30-28-42(29-31-45)40-22-18-38(19-23-40)13-9-6-4-2/h7,10-11,14-15,24-35,37-40,50,61-62H,3-6,8-9,12-13,16-23,36H2,1-2H3. The minimum atomic E-state index is -1.05. The Morgan fingerprint density at radius 2 is 1.04 bits per heavy atom. The van der Waals surface area contributed by atoms with Crippen LogP contribution in [-0.4, -0.2) is 46.3 Å². The van der Waals surface area contributed by atoms with Crippen LogP contribution in [0.3, 0.4) is 0 Å². The highest BCUT2D eigenvalue weighted by Crippen LogP contribution is 2.42. The number of aromatic hydroxyl groups is 2. The van der Waals surface area contributed by atoms with Crippen molar-refractivity contribution in [2.75, 3.05) is 6.61 Å². The summed E-state index contributed by atoms with van der Waals surface area (Å²) in [5.41, 5.74) is 1.11. The van der Waals surface area contributed by atoms with Crippen molar-refractivity contribution in [3.63, 3.8) is 0 Å². The van der Waals surface area contributed by atoms with Gasteiger partial charge in [-0.1, -0.05) is 120 Å². The van der Waals surface area contributed by atoms with Gasteiger partial charge in [-0.2, -0.15) is 0 Å². The number of phenols is 2. The minimum Gasteiger partial charge on any atom is -0.506 e. The topological polar surface area (TPSA) is 154 Å². The number of ketones is 2. The van der Waals surface area contributed by atoms with Crippen molar-refractivity contribution in [2.24, 2.45) is 11.8 Å². The van der Waals surface area contributed by atoms with Gasteiger partial charge >= 0.3 is 17.9 Å². The van der Waals surface area contributed by atoms with Crippen LogP contribution in [0.5, 0.6) is 17.2 Å². The molecule has 2 saturated carbocycles. The van der Waals surface area contributed by atoms with E-state index in [9.17, 15) is 34.2 Å². The lowest BCUT2D eigenvalue weighted by molar-refractivity contribution is -0.00147. The predicted molar refractivity (Wildman–Crippen MR) is 263 cm³/mol. The first kappa shape index (κ1) is 48.9. The molecule has 5 aromatic rings. The second-order valence-corrected chi connectivity index (χ2v) is 19.3. The van der Waals surface area contributed by atoms with Crippen LogP contribution >= 0.6 is 0 Å². The molecule has 69 heavy (non-hydrogen) atoms. The smallest absolute Gasteiger partial charge is 0.347 e. The molecule has 1 atom stereocenters. The van der Waals surface area contributed by atoms with E-state index < -0.39 is 70.4 Å². The van der Waals surface area contributed by atoms with E-state index in [2.05, 4.69) is 13.8 Å². The van der Waals surface area contributed by atoms with Gasteiger partial charge in [-0.05, 0) is 140 Å². The second-order valence-electron chi connectivity index (χ2n) is 19.3. The lowest BCUT2D eigenvalue weighted by atomic mass is 9.77. The lowest BCUT2D eigenvalue weighted by Gasteiger charge is -2.29. The van der Waals surface area contributed by atoms with Gasteiger partial charge in [-0.15, -0.1) is 0 Å². The number of esters is 3. The van der Waals surface area contributed by atoms with E-state index >= 15 is 0 Å². The number of fused-ring (bicyclic) bond motifs is 2. The predicted octanol–water partition coefficient (Wildman–Crippen LogP) is 13.6. The normalized spacial score (nSPS) is 19.2. The number of carbonyl (C=O) groups is 5. The Kier molecular flexibility index (Phi) is 16.1. The summed E-state index contributed by atoms with van der Waals surface area (Å²) in [7, 11) is 0. The largest absolute Gasteiger partial charge is 0.506 e. The average Bonchev–Trinajstić information content (AvgIpc) is 3.37. The van der Waals surface area contributed by atoms with Crippen molar-refractivity contribution < 1.29 is 48.4 Å². The van der Waals surface area contributed by atoms with Crippen molar-refractivity contribution in [2.45, 2.75) is 135 Å². The molecule has 2 N–H and O–H groups in total. The van der Waals surface area contributed by atoms with Crippen LogP contribution in [0, 0.1) is 11.8 Å². The van der Waals surface area contributed by atoms with Gasteiger partial charge < -0.3 is 24.4 Å². The third kappa shape index (κ3) is 11.3. The zero-order chi connectivity index (χ0) is 48.4. The number of benzene rings is 5. The molecule has 0 saturated heterocycles. The molecule has 10 heteroatoms. The van der Waals surface area contributed by atoms with Gasteiger partial charge in [-0.25, -0.2) is 14.4 Å². The van der Waals surface area contributed by atoms with E-state index in [0.717, 1.165) is 37.5 Å². The molecule has 0 heterocycles. The summed E-state index contributed by atoms with van der Waals surface area (Å²) in [5, 5.41) is 22.9. The van der Waals surface area contributed by atoms with Crippen LogP contribution < -0.4 is 4.74 Å². The fourth-order valence-corrected chi connectivity index (χ4v) is 10.7. The molecule has 360 valence electrons. The van der Waals surface area contributed by atoms with Crippen molar-refractivity contribution in [1.82, 2.24) is 0 Å². The molecular weight excluding hydrogens is 869 g/mol. The highest BCUT2D eigenvalue weighted by molar-refractivity contribution is 6.31. The zero-order valence-corrected chi connectivity index (χ0v) is 39.9. The Hall–Kier alpha value is -6.55. The molecule has 0 radical (unpaired) electrons. The number of hydrogen-bond acceptors (Lipinski definition) is 10. The maximum Gasteiger partial charge on any atom is 0.347 e. The SMILES string of the molecule is CCCCCC1CCC(c2ccc(OC(=O)c3ccc4c(c3O)C(=O)c3c(ccc(C(=O)OCC(OC(=O)c5ccc(C6CCC(CCCCC)CC6)cc5)c5ccccc5)c3O)C4=O)cc2)CC1. The van der Waals surface area contributed by atoms with Crippen LogP contribution in [-0.2, 0) is 9.47 Å². The lowest BCUT2D eigenvalue weighted by Crippen LogP contribution is -2.24. The van der Waals surface area contributed by atoms with E-state index in [1.807, 2.05) is 24.3 Å². The highest BCUT2D eigenvalue weighted by atomic mass is 16.6. The number of ether oxygens (including phenoxy) is 3. The first-order chi connectivity index (χ1) is 33.5. The molecule has 0 amide bonds. The van der Waals surface area contributed by atoms with Gasteiger partial charge in [0.25, 0.3) is 0 Å². The van der Waals surface area contributed by atoms with Crippen LogP contribution in [0.25, 0.3) is 0 Å². The van der Waals surface area contributed by atoms with E-state index in [1.54, 1.807) is 54.6 Å². The van der Waals surface area contributed by atoms with Gasteiger partial charge in [0.1, 0.15) is 35.0 Å². The summed E-state index contributed by atoms with van der Waals surface area (Å²) < 4.78 is 17.2. The van der Waals surface area contributed by atoms with Crippen LogP contribution in [0.2, 0.25) is 0 Å². The third-order valence-electron chi connectivity index (χ3n) is 14.8. The van der Waals surface area contributed by atoms with Crippen LogP contribution in [0.4, 0.5) is 0 Å². The third-order valence-corrected chi connectivity index (χ3v) is 14.8. The molecule has 2 fully saturated rings. The van der Waals surface area contributed by atoms with E-state index in [4.69, 9.17) is 14.2 Å². The van der Waals surface area contributed by atoms with Gasteiger partial charge in [0.15, 0.2) is 11.9 Å². The molecule has 0 spiro atoms. The second kappa shape index (κ2) is 22.7. The van der Waals surface area contributed by atoms with E-state index in [0.29, 0.717) is 23.0 Å². The van der Waals surface area contributed by atoms with Gasteiger partial charge in [0, 0.05) is 11.1 Å². The Balaban J connectivity index is 0.912. The Labute approximate surface area is 405 Å². The monoisotopic (exact) mass is 932 g/mol. The summed E-state index contributed by atoms with van der Waals surface area (Å²) in [5.74, 6) is -3.17. The summed E-state index contributed by atoms with van der Waals surface area (Å²) in [6.45, 7) is 4.03. The van der Waals surface area contributed by atoms with E-state index in [1.165, 1.54) is 112 Å². The maximum absolute atomic E-state index is 14.1. The first-order valence-electron chi connectivity index (χ1n) is 25.2. The first-order valence-corrected chi connectivity index (χ1v) is 25.2. The fraction of sp³-hybridized carbons (Fsp3) is 0.407. The molecule has 0 aromatic heterocycles. The van der Waals surface area contributed by atoms with Gasteiger partial charge in [-0.3, -0.25) is 9.59 Å². The number of rotatable bonds is 18. The number of unbranched alkanes of at least 4 members (excludes halogenated alkanes) is 4. The maximum atomic E-state index is 14.1. The van der Waals surface area contributed by atoms with Gasteiger partial charge in [0.05, 0.1) is 16.7 Å². The number of hydrogen-bond donors (Lipinski definition) is 2. The minimum absolute atomic E-state index is 0.178. The van der Waals surface area contributed by atoms with Crippen molar-refractivity contribution in [3.05, 3.63) is 159 Å². The fourth-order valence-electron chi connectivity index (χ4n) is 10.7. The average molecular weight is 933 g/mol. The molecule has 10 nitrogen and oxygen atoms in total. The summed E-state index contributed by atoms with van der Waals surface area (Å²) in [6, 6.07) is 28.5. The van der Waals surface area contributed by atoms with Crippen molar-refractivity contribution >= 4 is 29.5 Å². The Morgan fingerprint density at radius 1 is 0.551 bits per heavy atom. The molecule has 1 unspecified atom stereocenters. The summed E-state index contributed by atoms with van der Waals surface area (Å²) in [6.07, 6.45) is 18.6. The molecule has 3 aliphatic rings.